The van der Waals surface area contributed by atoms with Gasteiger partial charge in [0.1, 0.15) is 11.5 Å². The molecule has 0 bridgehead atoms. The Kier molecular flexibility index (Phi) is 5.56. The Balaban J connectivity index is 2.15. The number of methoxy groups -OCH3 is 2. The molecule has 25 heavy (non-hydrogen) atoms. The smallest absolute Gasteiger partial charge is 0.416 e. The molecule has 0 aromatic heterocycles. The van der Waals surface area contributed by atoms with Gasteiger partial charge >= 0.3 is 6.18 Å². The molecule has 2 aromatic rings. The minimum atomic E-state index is -4.38. The van der Waals surface area contributed by atoms with Gasteiger partial charge in [0.25, 0.3) is 5.91 Å². The minimum Gasteiger partial charge on any atom is -0.497 e. The lowest BCUT2D eigenvalue weighted by atomic mass is 10.1. The van der Waals surface area contributed by atoms with Gasteiger partial charge in [-0.15, -0.1) is 0 Å². The van der Waals surface area contributed by atoms with Gasteiger partial charge in [-0.05, 0) is 29.8 Å². The lowest BCUT2D eigenvalue weighted by Gasteiger charge is -2.18. The van der Waals surface area contributed by atoms with Gasteiger partial charge in [-0.1, -0.05) is 12.1 Å². The maximum absolute atomic E-state index is 12.6. The molecule has 0 N–H and O–H groups in total. The van der Waals surface area contributed by atoms with Crippen LogP contribution in [0, 0.1) is 0 Å². The van der Waals surface area contributed by atoms with Crippen LogP contribution in [0.5, 0.6) is 11.5 Å². The first-order valence-corrected chi connectivity index (χ1v) is 7.39. The van der Waals surface area contributed by atoms with Crippen LogP contribution in [-0.2, 0) is 12.7 Å². The van der Waals surface area contributed by atoms with Gasteiger partial charge in [-0.2, -0.15) is 13.2 Å². The van der Waals surface area contributed by atoms with Gasteiger partial charge in [0, 0.05) is 25.2 Å². The molecule has 0 unspecified atom stereocenters. The molecule has 0 radical (unpaired) electrons. The molecule has 2 rings (SSSR count). The van der Waals surface area contributed by atoms with Gasteiger partial charge < -0.3 is 14.4 Å². The van der Waals surface area contributed by atoms with E-state index in [4.69, 9.17) is 9.47 Å². The summed E-state index contributed by atoms with van der Waals surface area (Å²) >= 11 is 0. The van der Waals surface area contributed by atoms with Crippen LogP contribution in [0.1, 0.15) is 21.5 Å². The molecule has 7 heteroatoms. The molecule has 134 valence electrons. The number of rotatable bonds is 5. The normalized spacial score (nSPS) is 11.1. The summed E-state index contributed by atoms with van der Waals surface area (Å²) in [6, 6.07) is 9.52. The first-order chi connectivity index (χ1) is 11.7. The van der Waals surface area contributed by atoms with E-state index in [1.165, 1.54) is 31.3 Å². The van der Waals surface area contributed by atoms with E-state index in [9.17, 15) is 18.0 Å². The quantitative estimate of drug-likeness (QED) is 0.816. The summed E-state index contributed by atoms with van der Waals surface area (Å²) in [5.41, 5.74) is 0.243. The second-order valence-electron chi connectivity index (χ2n) is 5.46. The van der Waals surface area contributed by atoms with Crippen LogP contribution >= 0.6 is 0 Å². The van der Waals surface area contributed by atoms with Crippen LogP contribution in [0.25, 0.3) is 0 Å². The Labute approximate surface area is 143 Å². The van der Waals surface area contributed by atoms with Gasteiger partial charge in [0.15, 0.2) is 0 Å². The summed E-state index contributed by atoms with van der Waals surface area (Å²) < 4.78 is 48.0. The molecule has 4 nitrogen and oxygen atoms in total. The number of nitrogens with zero attached hydrogens (tertiary/aromatic N) is 1. The lowest BCUT2D eigenvalue weighted by molar-refractivity contribution is -0.137. The first-order valence-electron chi connectivity index (χ1n) is 7.39. The molecule has 0 atom stereocenters. The van der Waals surface area contributed by atoms with E-state index in [0.29, 0.717) is 22.6 Å². The summed E-state index contributed by atoms with van der Waals surface area (Å²) in [6.45, 7) is 0.177. The molecule has 0 saturated heterocycles. The van der Waals surface area contributed by atoms with Crippen molar-refractivity contribution in [2.75, 3.05) is 21.3 Å². The third kappa shape index (κ3) is 4.65. The largest absolute Gasteiger partial charge is 0.497 e. The second-order valence-corrected chi connectivity index (χ2v) is 5.46. The van der Waals surface area contributed by atoms with Crippen molar-refractivity contribution in [1.29, 1.82) is 0 Å². The number of amides is 1. The average Bonchev–Trinajstić information content (AvgIpc) is 2.60. The highest BCUT2D eigenvalue weighted by molar-refractivity contribution is 5.94. The highest BCUT2D eigenvalue weighted by atomic mass is 19.4. The van der Waals surface area contributed by atoms with Gasteiger partial charge in [0.05, 0.1) is 19.8 Å². The van der Waals surface area contributed by atoms with Crippen LogP contribution in [0.3, 0.4) is 0 Å². The Morgan fingerprint density at radius 1 is 1.00 bits per heavy atom. The zero-order chi connectivity index (χ0) is 18.6. The number of hydrogen-bond donors (Lipinski definition) is 0. The fourth-order valence-corrected chi connectivity index (χ4v) is 2.30. The number of carbonyl (C=O) groups is 1. The van der Waals surface area contributed by atoms with Crippen LogP contribution in [0.4, 0.5) is 13.2 Å². The maximum atomic E-state index is 12.6. The van der Waals surface area contributed by atoms with Crippen LogP contribution in [0.2, 0.25) is 0 Å². The van der Waals surface area contributed by atoms with Crippen molar-refractivity contribution < 1.29 is 27.4 Å². The molecule has 0 fully saturated rings. The van der Waals surface area contributed by atoms with E-state index in [1.54, 1.807) is 25.2 Å². The minimum absolute atomic E-state index is 0.177. The summed E-state index contributed by atoms with van der Waals surface area (Å²) in [7, 11) is 4.54. The highest BCUT2D eigenvalue weighted by Gasteiger charge is 2.30. The van der Waals surface area contributed by atoms with Gasteiger partial charge in [-0.3, -0.25) is 4.79 Å². The zero-order valence-corrected chi connectivity index (χ0v) is 14.1. The van der Waals surface area contributed by atoms with Crippen LogP contribution < -0.4 is 9.47 Å². The number of carbonyl (C=O) groups excluding carboxylic acids is 1. The predicted octanol–water partition coefficient (Wildman–Crippen LogP) is 3.99. The van der Waals surface area contributed by atoms with Crippen molar-refractivity contribution in [3.8, 4) is 11.5 Å². The van der Waals surface area contributed by atoms with Crippen molar-refractivity contribution in [3.63, 3.8) is 0 Å². The number of benzene rings is 2. The zero-order valence-electron chi connectivity index (χ0n) is 14.1. The van der Waals surface area contributed by atoms with E-state index in [1.807, 2.05) is 0 Å². The van der Waals surface area contributed by atoms with Crippen LogP contribution in [0.15, 0.2) is 42.5 Å². The number of ether oxygens (including phenoxy) is 2. The molecule has 0 saturated carbocycles. The predicted molar refractivity (Wildman–Crippen MR) is 86.8 cm³/mol. The van der Waals surface area contributed by atoms with Crippen molar-refractivity contribution in [2.24, 2.45) is 0 Å². The average molecular weight is 353 g/mol. The molecule has 2 aromatic carbocycles. The van der Waals surface area contributed by atoms with Crippen molar-refractivity contribution in [2.45, 2.75) is 12.7 Å². The Morgan fingerprint density at radius 3 is 1.96 bits per heavy atom. The summed E-state index contributed by atoms with van der Waals surface area (Å²) in [6.07, 6.45) is -4.38. The summed E-state index contributed by atoms with van der Waals surface area (Å²) in [5.74, 6) is 0.661. The maximum Gasteiger partial charge on any atom is 0.416 e. The third-order valence-corrected chi connectivity index (χ3v) is 3.65. The Morgan fingerprint density at radius 2 is 1.52 bits per heavy atom. The monoisotopic (exact) mass is 353 g/mol. The SMILES string of the molecule is COc1cc(OC)cc(C(=O)N(C)Cc2ccc(C(F)(F)F)cc2)c1. The van der Waals surface area contributed by atoms with E-state index in [-0.39, 0.29) is 12.5 Å². The summed E-state index contributed by atoms with van der Waals surface area (Å²) in [5, 5.41) is 0. The molecule has 0 spiro atoms. The van der Waals surface area contributed by atoms with E-state index < -0.39 is 11.7 Å². The van der Waals surface area contributed by atoms with Crippen molar-refractivity contribution in [1.82, 2.24) is 4.90 Å². The standard InChI is InChI=1S/C18H18F3NO3/c1-22(11-12-4-6-14(7-5-12)18(19,20)21)17(23)13-8-15(24-2)10-16(9-13)25-3/h4-10H,11H2,1-3H3. The second kappa shape index (κ2) is 7.46. The highest BCUT2D eigenvalue weighted by Crippen LogP contribution is 2.29. The Bertz CT molecular complexity index is 720. The fraction of sp³-hybridized carbons (Fsp3) is 0.278. The Hall–Kier alpha value is -2.70. The van der Waals surface area contributed by atoms with Gasteiger partial charge in [-0.25, -0.2) is 0 Å². The molecule has 0 aliphatic rings. The molecule has 0 aliphatic heterocycles. The topological polar surface area (TPSA) is 38.8 Å². The van der Waals surface area contributed by atoms with E-state index in [0.717, 1.165) is 12.1 Å². The lowest BCUT2D eigenvalue weighted by Crippen LogP contribution is -2.26. The number of hydrogen-bond acceptors (Lipinski definition) is 3. The number of halogens is 3. The van der Waals surface area contributed by atoms with Crippen molar-refractivity contribution >= 4 is 5.91 Å². The molecule has 1 amide bonds. The van der Waals surface area contributed by atoms with Crippen LogP contribution in [-0.4, -0.2) is 32.1 Å². The first kappa shape index (κ1) is 18.6. The molecule has 0 aliphatic carbocycles. The molecular weight excluding hydrogens is 335 g/mol. The third-order valence-electron chi connectivity index (χ3n) is 3.65. The summed E-state index contributed by atoms with van der Waals surface area (Å²) in [4.78, 5) is 14.0. The van der Waals surface area contributed by atoms with E-state index in [2.05, 4.69) is 0 Å². The van der Waals surface area contributed by atoms with Crippen molar-refractivity contribution in [3.05, 3.63) is 59.2 Å². The number of alkyl halides is 3. The molecular formula is C18H18F3NO3. The molecule has 0 heterocycles. The fourth-order valence-electron chi connectivity index (χ4n) is 2.30. The van der Waals surface area contributed by atoms with E-state index >= 15 is 0 Å². The van der Waals surface area contributed by atoms with Gasteiger partial charge in [0.2, 0.25) is 0 Å².